The number of thiazole rings is 1. The molecule has 0 bridgehead atoms. The van der Waals surface area contributed by atoms with Crippen molar-refractivity contribution in [3.05, 3.63) is 27.9 Å². The molecule has 0 aliphatic carbocycles. The summed E-state index contributed by atoms with van der Waals surface area (Å²) in [6.07, 6.45) is 0. The third kappa shape index (κ3) is 1.80. The summed E-state index contributed by atoms with van der Waals surface area (Å²) in [5.41, 5.74) is 0.576. The quantitative estimate of drug-likeness (QED) is 0.733. The van der Waals surface area contributed by atoms with Crippen LogP contribution in [0.1, 0.15) is 0 Å². The molecule has 80 valence electrons. The van der Waals surface area contributed by atoms with Crippen LogP contribution in [0.4, 0.5) is 0 Å². The number of aromatic nitrogens is 1. The second-order valence-electron chi connectivity index (χ2n) is 2.99. The van der Waals surface area contributed by atoms with Crippen LogP contribution in [0.3, 0.4) is 0 Å². The van der Waals surface area contributed by atoms with Gasteiger partial charge in [-0.2, -0.15) is 0 Å². The first-order valence-corrected chi connectivity index (χ1v) is 7.06. The SMILES string of the molecule is Cn1c(=O)sc2ccc(S(=O)(=O)Cl)cc21. The molecule has 0 radical (unpaired) electrons. The van der Waals surface area contributed by atoms with Gasteiger partial charge in [0.05, 0.1) is 15.1 Å². The van der Waals surface area contributed by atoms with Crippen molar-refractivity contribution in [3.63, 3.8) is 0 Å². The second-order valence-corrected chi connectivity index (χ2v) is 6.55. The third-order valence-electron chi connectivity index (χ3n) is 2.04. The fourth-order valence-electron chi connectivity index (χ4n) is 1.26. The van der Waals surface area contributed by atoms with Crippen LogP contribution in [-0.4, -0.2) is 13.0 Å². The zero-order chi connectivity index (χ0) is 11.2. The molecule has 15 heavy (non-hydrogen) atoms. The predicted octanol–water partition coefficient (Wildman–Crippen LogP) is 1.53. The van der Waals surface area contributed by atoms with Crippen molar-refractivity contribution in [1.82, 2.24) is 4.57 Å². The third-order valence-corrected chi connectivity index (χ3v) is 4.41. The molecule has 7 heteroatoms. The molecular formula is C8H6ClNO3S2. The summed E-state index contributed by atoms with van der Waals surface area (Å²) in [6.45, 7) is 0. The maximum Gasteiger partial charge on any atom is 0.307 e. The average molecular weight is 264 g/mol. The van der Waals surface area contributed by atoms with E-state index in [1.165, 1.54) is 16.7 Å². The van der Waals surface area contributed by atoms with E-state index in [9.17, 15) is 13.2 Å². The molecule has 0 N–H and O–H groups in total. The molecular weight excluding hydrogens is 258 g/mol. The highest BCUT2D eigenvalue weighted by atomic mass is 35.7. The van der Waals surface area contributed by atoms with E-state index in [1.54, 1.807) is 13.1 Å². The molecule has 0 spiro atoms. The Morgan fingerprint density at radius 3 is 2.67 bits per heavy atom. The van der Waals surface area contributed by atoms with E-state index in [-0.39, 0.29) is 9.77 Å². The van der Waals surface area contributed by atoms with Crippen LogP contribution in [-0.2, 0) is 16.1 Å². The molecule has 0 amide bonds. The summed E-state index contributed by atoms with van der Waals surface area (Å²) in [6, 6.07) is 4.37. The normalized spacial score (nSPS) is 12.1. The van der Waals surface area contributed by atoms with E-state index < -0.39 is 9.05 Å². The van der Waals surface area contributed by atoms with Gasteiger partial charge in [-0.25, -0.2) is 8.42 Å². The second kappa shape index (κ2) is 3.33. The number of hydrogen-bond donors (Lipinski definition) is 0. The Labute approximate surface area is 94.1 Å². The minimum atomic E-state index is -3.74. The van der Waals surface area contributed by atoms with E-state index in [2.05, 4.69) is 0 Å². The zero-order valence-corrected chi connectivity index (χ0v) is 9.99. The summed E-state index contributed by atoms with van der Waals surface area (Å²) < 4.78 is 24.3. The summed E-state index contributed by atoms with van der Waals surface area (Å²) in [4.78, 5) is 11.2. The molecule has 1 heterocycles. The van der Waals surface area contributed by atoms with Crippen LogP contribution in [0.15, 0.2) is 27.9 Å². The van der Waals surface area contributed by atoms with E-state index in [0.29, 0.717) is 5.52 Å². The summed E-state index contributed by atoms with van der Waals surface area (Å²) >= 11 is 1.07. The predicted molar refractivity (Wildman–Crippen MR) is 60.1 cm³/mol. The highest BCUT2D eigenvalue weighted by Crippen LogP contribution is 2.22. The molecule has 1 aromatic carbocycles. The molecule has 0 atom stereocenters. The van der Waals surface area contributed by atoms with Gasteiger partial charge in [-0.15, -0.1) is 0 Å². The van der Waals surface area contributed by atoms with Gasteiger partial charge in [0.1, 0.15) is 0 Å². The number of fused-ring (bicyclic) bond motifs is 1. The van der Waals surface area contributed by atoms with Crippen LogP contribution in [0.5, 0.6) is 0 Å². The molecule has 0 unspecified atom stereocenters. The number of halogens is 1. The lowest BCUT2D eigenvalue weighted by Gasteiger charge is -1.97. The van der Waals surface area contributed by atoms with Gasteiger partial charge < -0.3 is 4.57 Å². The zero-order valence-electron chi connectivity index (χ0n) is 7.60. The monoisotopic (exact) mass is 263 g/mol. The number of hydrogen-bond acceptors (Lipinski definition) is 4. The van der Waals surface area contributed by atoms with E-state index in [4.69, 9.17) is 10.7 Å². The summed E-state index contributed by atoms with van der Waals surface area (Å²) in [7, 11) is 3.06. The molecule has 0 fully saturated rings. The van der Waals surface area contributed by atoms with Crippen LogP contribution in [0.25, 0.3) is 10.2 Å². The highest BCUT2D eigenvalue weighted by molar-refractivity contribution is 8.13. The Balaban J connectivity index is 2.87. The number of aryl methyl sites for hydroxylation is 1. The van der Waals surface area contributed by atoms with Crippen molar-refractivity contribution in [2.45, 2.75) is 4.90 Å². The fourth-order valence-corrected chi connectivity index (χ4v) is 2.89. The van der Waals surface area contributed by atoms with E-state index >= 15 is 0 Å². The molecule has 4 nitrogen and oxygen atoms in total. The first kappa shape index (κ1) is 10.7. The fraction of sp³-hybridized carbons (Fsp3) is 0.125. The molecule has 0 aliphatic heterocycles. The van der Waals surface area contributed by atoms with Crippen molar-refractivity contribution in [3.8, 4) is 0 Å². The smallest absolute Gasteiger partial charge is 0.302 e. The molecule has 0 saturated carbocycles. The lowest BCUT2D eigenvalue weighted by atomic mass is 10.3. The Bertz CT molecular complexity index is 683. The molecule has 2 aromatic rings. The van der Waals surface area contributed by atoms with Gasteiger partial charge in [-0.1, -0.05) is 11.3 Å². The molecule has 2 rings (SSSR count). The summed E-state index contributed by atoms with van der Waals surface area (Å²) in [5, 5.41) is 0. The van der Waals surface area contributed by atoms with Gasteiger partial charge in [0.15, 0.2) is 0 Å². The maximum absolute atomic E-state index is 11.3. The topological polar surface area (TPSA) is 56.1 Å². The minimum Gasteiger partial charge on any atom is -0.302 e. The Kier molecular flexibility index (Phi) is 2.37. The first-order valence-electron chi connectivity index (χ1n) is 3.94. The van der Waals surface area contributed by atoms with Gasteiger partial charge in [0.25, 0.3) is 9.05 Å². The van der Waals surface area contributed by atoms with Crippen molar-refractivity contribution in [2.75, 3.05) is 0 Å². The maximum atomic E-state index is 11.3. The van der Waals surface area contributed by atoms with Crippen molar-refractivity contribution >= 4 is 41.3 Å². The van der Waals surface area contributed by atoms with E-state index in [0.717, 1.165) is 16.0 Å². The molecule has 0 saturated heterocycles. The van der Waals surface area contributed by atoms with Gasteiger partial charge in [-0.3, -0.25) is 4.79 Å². The number of nitrogens with zero attached hydrogens (tertiary/aromatic N) is 1. The van der Waals surface area contributed by atoms with Gasteiger partial charge in [0, 0.05) is 17.7 Å². The van der Waals surface area contributed by atoms with Crippen LogP contribution in [0, 0.1) is 0 Å². The number of rotatable bonds is 1. The van der Waals surface area contributed by atoms with Crippen molar-refractivity contribution < 1.29 is 8.42 Å². The van der Waals surface area contributed by atoms with Crippen LogP contribution < -0.4 is 4.87 Å². The van der Waals surface area contributed by atoms with E-state index in [1.807, 2.05) is 0 Å². The van der Waals surface area contributed by atoms with Crippen molar-refractivity contribution in [1.29, 1.82) is 0 Å². The standard InChI is InChI=1S/C8H6ClNO3S2/c1-10-6-4-5(15(9,12)13)2-3-7(6)14-8(10)11/h2-4H,1H3. The largest absolute Gasteiger partial charge is 0.307 e. The molecule has 0 aliphatic rings. The van der Waals surface area contributed by atoms with Crippen molar-refractivity contribution in [2.24, 2.45) is 7.05 Å². The molecule has 1 aromatic heterocycles. The van der Waals surface area contributed by atoms with Gasteiger partial charge >= 0.3 is 4.87 Å². The van der Waals surface area contributed by atoms with Gasteiger partial charge in [0.2, 0.25) is 0 Å². The Hall–Kier alpha value is -0.850. The first-order chi connectivity index (χ1) is 6.89. The number of benzene rings is 1. The lowest BCUT2D eigenvalue weighted by Crippen LogP contribution is -2.06. The van der Waals surface area contributed by atoms with Crippen LogP contribution in [0.2, 0.25) is 0 Å². The highest BCUT2D eigenvalue weighted by Gasteiger charge is 2.12. The van der Waals surface area contributed by atoms with Crippen LogP contribution >= 0.6 is 22.0 Å². The Morgan fingerprint density at radius 1 is 1.40 bits per heavy atom. The Morgan fingerprint density at radius 2 is 2.07 bits per heavy atom. The summed E-state index contributed by atoms with van der Waals surface area (Å²) in [5.74, 6) is 0. The average Bonchev–Trinajstić information content (AvgIpc) is 2.41. The minimum absolute atomic E-state index is 0.00469. The lowest BCUT2D eigenvalue weighted by molar-refractivity contribution is 0.609. The van der Waals surface area contributed by atoms with Gasteiger partial charge in [-0.05, 0) is 18.2 Å².